The molecular weight excluding hydrogens is 264 g/mol. The summed E-state index contributed by atoms with van der Waals surface area (Å²) in [5.74, 6) is 1.14. The van der Waals surface area contributed by atoms with Gasteiger partial charge in [-0.1, -0.05) is 31.6 Å². The molecule has 2 rings (SSSR count). The Morgan fingerprint density at radius 3 is 2.94 bits per heavy atom. The van der Waals surface area contributed by atoms with Gasteiger partial charge in [0.2, 0.25) is 0 Å². The van der Waals surface area contributed by atoms with Gasteiger partial charge in [0, 0.05) is 23.6 Å². The molecule has 0 saturated carbocycles. The van der Waals surface area contributed by atoms with Crippen LogP contribution in [0.3, 0.4) is 0 Å². The van der Waals surface area contributed by atoms with Gasteiger partial charge in [-0.05, 0) is 13.3 Å². The molecule has 0 aliphatic carbocycles. The molecule has 0 bridgehead atoms. The van der Waals surface area contributed by atoms with Gasteiger partial charge < -0.3 is 4.90 Å². The second kappa shape index (κ2) is 6.06. The van der Waals surface area contributed by atoms with Crippen molar-refractivity contribution in [1.29, 1.82) is 0 Å². The zero-order valence-corrected chi connectivity index (χ0v) is 12.8. The first-order chi connectivity index (χ1) is 8.67. The summed E-state index contributed by atoms with van der Waals surface area (Å²) in [6.07, 6.45) is 2.89. The van der Waals surface area contributed by atoms with Crippen molar-refractivity contribution in [1.82, 2.24) is 4.98 Å². The second-order valence-electron chi connectivity index (χ2n) is 4.69. The fourth-order valence-corrected chi connectivity index (χ4v) is 4.32. The SMILES string of the molecule is CCCc1nc(N2CCSC(C)C2C)sc1C=O. The van der Waals surface area contributed by atoms with Gasteiger partial charge in [0.05, 0.1) is 10.6 Å². The van der Waals surface area contributed by atoms with Crippen molar-refractivity contribution in [2.24, 2.45) is 0 Å². The topological polar surface area (TPSA) is 33.2 Å². The predicted octanol–water partition coefficient (Wildman–Crippen LogP) is 3.24. The number of rotatable bonds is 4. The molecule has 100 valence electrons. The summed E-state index contributed by atoms with van der Waals surface area (Å²) in [5.41, 5.74) is 0.977. The molecule has 1 aromatic heterocycles. The van der Waals surface area contributed by atoms with Gasteiger partial charge in [-0.15, -0.1) is 0 Å². The minimum Gasteiger partial charge on any atom is -0.343 e. The molecule has 0 aromatic carbocycles. The number of aromatic nitrogens is 1. The Labute approximate surface area is 117 Å². The molecule has 2 atom stereocenters. The van der Waals surface area contributed by atoms with Crippen LogP contribution in [0, 0.1) is 0 Å². The predicted molar refractivity (Wildman–Crippen MR) is 80.2 cm³/mol. The zero-order chi connectivity index (χ0) is 13.1. The summed E-state index contributed by atoms with van der Waals surface area (Å²) in [4.78, 5) is 18.9. The summed E-state index contributed by atoms with van der Waals surface area (Å²) < 4.78 is 0. The highest BCUT2D eigenvalue weighted by Gasteiger charge is 2.28. The second-order valence-corrected chi connectivity index (χ2v) is 7.18. The molecular formula is C13H20N2OS2. The van der Waals surface area contributed by atoms with Gasteiger partial charge in [0.15, 0.2) is 11.4 Å². The standard InChI is InChI=1S/C13H20N2OS2/c1-4-5-11-12(8-16)18-13(14-11)15-6-7-17-10(3)9(15)2/h8-10H,4-7H2,1-3H3. The third-order valence-corrected chi connectivity index (χ3v) is 5.84. The number of anilines is 1. The number of aryl methyl sites for hydroxylation is 1. The van der Waals surface area contributed by atoms with Crippen LogP contribution in [-0.2, 0) is 6.42 Å². The van der Waals surface area contributed by atoms with Crippen LogP contribution in [0.1, 0.15) is 42.6 Å². The summed E-state index contributed by atoms with van der Waals surface area (Å²) in [7, 11) is 0. The molecule has 1 fully saturated rings. The van der Waals surface area contributed by atoms with E-state index in [0.717, 1.165) is 47.1 Å². The van der Waals surface area contributed by atoms with Crippen LogP contribution < -0.4 is 4.90 Å². The molecule has 2 unspecified atom stereocenters. The average Bonchev–Trinajstić information content (AvgIpc) is 2.76. The van der Waals surface area contributed by atoms with Crippen LogP contribution in [0.5, 0.6) is 0 Å². The average molecular weight is 284 g/mol. The molecule has 18 heavy (non-hydrogen) atoms. The molecule has 0 amide bonds. The quantitative estimate of drug-likeness (QED) is 0.795. The van der Waals surface area contributed by atoms with Crippen molar-refractivity contribution in [3.63, 3.8) is 0 Å². The van der Waals surface area contributed by atoms with Crippen molar-refractivity contribution in [2.45, 2.75) is 44.9 Å². The van der Waals surface area contributed by atoms with Gasteiger partial charge in [0.25, 0.3) is 0 Å². The van der Waals surface area contributed by atoms with Crippen molar-refractivity contribution < 1.29 is 4.79 Å². The fraction of sp³-hybridized carbons (Fsp3) is 0.692. The summed E-state index contributed by atoms with van der Waals surface area (Å²) >= 11 is 3.57. The number of thioether (sulfide) groups is 1. The van der Waals surface area contributed by atoms with E-state index in [1.54, 1.807) is 11.3 Å². The number of thiazole rings is 1. The molecule has 0 N–H and O–H groups in total. The molecule has 0 radical (unpaired) electrons. The maximum absolute atomic E-state index is 11.1. The van der Waals surface area contributed by atoms with E-state index in [-0.39, 0.29) is 0 Å². The number of hydrogen-bond acceptors (Lipinski definition) is 5. The van der Waals surface area contributed by atoms with E-state index in [0.29, 0.717) is 11.3 Å². The highest BCUT2D eigenvalue weighted by Crippen LogP contribution is 2.33. The van der Waals surface area contributed by atoms with Crippen molar-refractivity contribution in [3.8, 4) is 0 Å². The lowest BCUT2D eigenvalue weighted by atomic mass is 10.2. The van der Waals surface area contributed by atoms with E-state index in [1.807, 2.05) is 11.8 Å². The van der Waals surface area contributed by atoms with Crippen LogP contribution in [0.25, 0.3) is 0 Å². The highest BCUT2D eigenvalue weighted by atomic mass is 32.2. The van der Waals surface area contributed by atoms with Gasteiger partial charge in [-0.3, -0.25) is 4.79 Å². The maximum atomic E-state index is 11.1. The Balaban J connectivity index is 2.24. The first kappa shape index (κ1) is 13.9. The van der Waals surface area contributed by atoms with Crippen LogP contribution >= 0.6 is 23.1 Å². The molecule has 1 aliphatic heterocycles. The molecule has 5 heteroatoms. The molecule has 3 nitrogen and oxygen atoms in total. The van der Waals surface area contributed by atoms with Gasteiger partial charge >= 0.3 is 0 Å². The van der Waals surface area contributed by atoms with Crippen LogP contribution in [0.2, 0.25) is 0 Å². The van der Waals surface area contributed by atoms with E-state index >= 15 is 0 Å². The number of carbonyl (C=O) groups excluding carboxylic acids is 1. The molecule has 2 heterocycles. The monoisotopic (exact) mass is 284 g/mol. The normalized spacial score (nSPS) is 24.3. The Kier molecular flexibility index (Phi) is 4.67. The number of hydrogen-bond donors (Lipinski definition) is 0. The van der Waals surface area contributed by atoms with Crippen LogP contribution in [-0.4, -0.2) is 34.9 Å². The van der Waals surface area contributed by atoms with E-state index < -0.39 is 0 Å². The lowest BCUT2D eigenvalue weighted by molar-refractivity contribution is 0.112. The molecule has 1 aromatic rings. The number of aldehydes is 1. The van der Waals surface area contributed by atoms with Crippen LogP contribution in [0.4, 0.5) is 5.13 Å². The maximum Gasteiger partial charge on any atom is 0.186 e. The first-order valence-electron chi connectivity index (χ1n) is 6.50. The Morgan fingerprint density at radius 1 is 1.50 bits per heavy atom. The Bertz CT molecular complexity index is 419. The van der Waals surface area contributed by atoms with Gasteiger partial charge in [-0.2, -0.15) is 11.8 Å². The summed E-state index contributed by atoms with van der Waals surface area (Å²) in [6.45, 7) is 7.67. The largest absolute Gasteiger partial charge is 0.343 e. The minimum absolute atomic E-state index is 0.490. The highest BCUT2D eigenvalue weighted by molar-refractivity contribution is 8.00. The van der Waals surface area contributed by atoms with E-state index in [9.17, 15) is 4.79 Å². The van der Waals surface area contributed by atoms with Gasteiger partial charge in [-0.25, -0.2) is 4.98 Å². The Hall–Kier alpha value is -0.550. The summed E-state index contributed by atoms with van der Waals surface area (Å²) in [6, 6.07) is 0.490. The molecule has 0 spiro atoms. The number of carbonyl (C=O) groups is 1. The van der Waals surface area contributed by atoms with Crippen molar-refractivity contribution in [3.05, 3.63) is 10.6 Å². The fourth-order valence-electron chi connectivity index (χ4n) is 2.18. The molecule has 1 saturated heterocycles. The van der Waals surface area contributed by atoms with Crippen molar-refractivity contribution in [2.75, 3.05) is 17.2 Å². The van der Waals surface area contributed by atoms with E-state index in [1.165, 1.54) is 0 Å². The first-order valence-corrected chi connectivity index (χ1v) is 8.37. The lowest BCUT2D eigenvalue weighted by Crippen LogP contribution is -2.44. The summed E-state index contributed by atoms with van der Waals surface area (Å²) in [5, 5.41) is 1.65. The van der Waals surface area contributed by atoms with Crippen molar-refractivity contribution >= 4 is 34.5 Å². The van der Waals surface area contributed by atoms with Gasteiger partial charge in [0.1, 0.15) is 0 Å². The van der Waals surface area contributed by atoms with E-state index in [2.05, 4.69) is 30.7 Å². The third-order valence-electron chi connectivity index (χ3n) is 3.44. The lowest BCUT2D eigenvalue weighted by Gasteiger charge is -2.37. The molecule has 1 aliphatic rings. The third kappa shape index (κ3) is 2.72. The van der Waals surface area contributed by atoms with Crippen LogP contribution in [0.15, 0.2) is 0 Å². The Morgan fingerprint density at radius 2 is 2.28 bits per heavy atom. The zero-order valence-electron chi connectivity index (χ0n) is 11.2. The minimum atomic E-state index is 0.490. The number of nitrogens with zero attached hydrogens (tertiary/aromatic N) is 2. The smallest absolute Gasteiger partial charge is 0.186 e. The van der Waals surface area contributed by atoms with E-state index in [4.69, 9.17) is 0 Å².